The number of piperazine rings is 1. The third-order valence-electron chi connectivity index (χ3n) is 5.45. The molecule has 2 aliphatic heterocycles. The molecule has 30 heavy (non-hydrogen) atoms. The second kappa shape index (κ2) is 10.4. The number of amides is 1. The van der Waals surface area contributed by atoms with Crippen molar-refractivity contribution in [3.63, 3.8) is 0 Å². The molecule has 1 amide bonds. The van der Waals surface area contributed by atoms with Crippen molar-refractivity contribution in [3.05, 3.63) is 59.8 Å². The molecule has 0 radical (unpaired) electrons. The number of benzene rings is 1. The minimum atomic E-state index is -0.263. The minimum absolute atomic E-state index is 0.0965. The number of carbonyl (C=O) groups excluding carboxylic acids is 1. The van der Waals surface area contributed by atoms with Gasteiger partial charge in [-0.05, 0) is 42.5 Å². The maximum Gasteiger partial charge on any atom is 0.410 e. The zero-order valence-corrected chi connectivity index (χ0v) is 17.2. The van der Waals surface area contributed by atoms with Gasteiger partial charge in [-0.15, -0.1) is 0 Å². The number of ether oxygens (including phenoxy) is 3. The molecule has 0 saturated carbocycles. The van der Waals surface area contributed by atoms with Crippen LogP contribution in [0.5, 0.6) is 0 Å². The van der Waals surface area contributed by atoms with Gasteiger partial charge in [0, 0.05) is 39.0 Å². The van der Waals surface area contributed by atoms with Crippen LogP contribution in [0.3, 0.4) is 0 Å². The smallest absolute Gasteiger partial charge is 0.410 e. The molecule has 0 spiro atoms. The van der Waals surface area contributed by atoms with Gasteiger partial charge in [-0.1, -0.05) is 30.3 Å². The Morgan fingerprint density at radius 1 is 1.03 bits per heavy atom. The van der Waals surface area contributed by atoms with Gasteiger partial charge in [0.25, 0.3) is 0 Å². The molecule has 160 valence electrons. The molecule has 1 unspecified atom stereocenters. The minimum Gasteiger partial charge on any atom is -0.445 e. The summed E-state index contributed by atoms with van der Waals surface area (Å²) in [7, 11) is 0. The van der Waals surface area contributed by atoms with E-state index in [0.29, 0.717) is 26.3 Å². The lowest BCUT2D eigenvalue weighted by molar-refractivity contribution is -0.168. The zero-order chi connectivity index (χ0) is 20.6. The lowest BCUT2D eigenvalue weighted by Gasteiger charge is -2.35. The van der Waals surface area contributed by atoms with Gasteiger partial charge in [0.1, 0.15) is 12.4 Å². The maximum absolute atomic E-state index is 12.3. The Bertz CT molecular complexity index is 803. The van der Waals surface area contributed by atoms with Crippen molar-refractivity contribution < 1.29 is 19.0 Å². The van der Waals surface area contributed by atoms with Crippen LogP contribution in [-0.2, 0) is 27.4 Å². The molecule has 2 aromatic rings. The zero-order valence-electron chi connectivity index (χ0n) is 17.2. The van der Waals surface area contributed by atoms with E-state index in [1.54, 1.807) is 4.90 Å². The SMILES string of the molecule is O=C(OCc1ccccc1)N1CCN(c2cc(COC3CCCCO3)ccn2)CC1. The summed E-state index contributed by atoms with van der Waals surface area (Å²) < 4.78 is 17.0. The van der Waals surface area contributed by atoms with E-state index in [2.05, 4.69) is 16.0 Å². The van der Waals surface area contributed by atoms with E-state index in [4.69, 9.17) is 14.2 Å². The number of anilines is 1. The summed E-state index contributed by atoms with van der Waals surface area (Å²) in [6.07, 6.45) is 4.69. The van der Waals surface area contributed by atoms with Crippen molar-refractivity contribution in [2.24, 2.45) is 0 Å². The highest BCUT2D eigenvalue weighted by atomic mass is 16.7. The van der Waals surface area contributed by atoms with Crippen LogP contribution in [-0.4, -0.2) is 55.1 Å². The van der Waals surface area contributed by atoms with Crippen LogP contribution < -0.4 is 4.90 Å². The Hall–Kier alpha value is -2.64. The normalized spacial score (nSPS) is 19.5. The molecule has 3 heterocycles. The molecule has 0 bridgehead atoms. The van der Waals surface area contributed by atoms with Gasteiger partial charge in [-0.3, -0.25) is 0 Å². The Morgan fingerprint density at radius 3 is 2.63 bits per heavy atom. The fraction of sp³-hybridized carbons (Fsp3) is 0.478. The summed E-state index contributed by atoms with van der Waals surface area (Å²) in [5.41, 5.74) is 2.07. The quantitative estimate of drug-likeness (QED) is 0.724. The van der Waals surface area contributed by atoms with Gasteiger partial charge in [0.05, 0.1) is 6.61 Å². The van der Waals surface area contributed by atoms with Gasteiger partial charge >= 0.3 is 6.09 Å². The Balaban J connectivity index is 1.24. The summed E-state index contributed by atoms with van der Waals surface area (Å²) in [6, 6.07) is 13.8. The van der Waals surface area contributed by atoms with E-state index in [0.717, 1.165) is 55.9 Å². The molecule has 2 fully saturated rings. The average Bonchev–Trinajstić information content (AvgIpc) is 2.83. The predicted octanol–water partition coefficient (Wildman–Crippen LogP) is 3.58. The second-order valence-corrected chi connectivity index (χ2v) is 7.64. The number of aromatic nitrogens is 1. The summed E-state index contributed by atoms with van der Waals surface area (Å²) in [6.45, 7) is 4.29. The number of pyridine rings is 1. The Morgan fingerprint density at radius 2 is 1.87 bits per heavy atom. The largest absolute Gasteiger partial charge is 0.445 e. The Labute approximate surface area is 177 Å². The van der Waals surface area contributed by atoms with E-state index >= 15 is 0 Å². The van der Waals surface area contributed by atoms with Gasteiger partial charge in [0.2, 0.25) is 0 Å². The van der Waals surface area contributed by atoms with E-state index in [1.165, 1.54) is 0 Å². The number of nitrogens with zero attached hydrogens (tertiary/aromatic N) is 3. The molecule has 1 atom stereocenters. The molecular weight excluding hydrogens is 382 g/mol. The molecule has 0 N–H and O–H groups in total. The van der Waals surface area contributed by atoms with Crippen LogP contribution in [0.15, 0.2) is 48.7 Å². The Kier molecular flexibility index (Phi) is 7.16. The van der Waals surface area contributed by atoms with Crippen LogP contribution in [0.2, 0.25) is 0 Å². The fourth-order valence-corrected chi connectivity index (χ4v) is 3.68. The monoisotopic (exact) mass is 411 g/mol. The third kappa shape index (κ3) is 5.70. The summed E-state index contributed by atoms with van der Waals surface area (Å²) in [5, 5.41) is 0. The summed E-state index contributed by atoms with van der Waals surface area (Å²) in [4.78, 5) is 20.8. The van der Waals surface area contributed by atoms with Gasteiger partial charge in [-0.25, -0.2) is 9.78 Å². The van der Waals surface area contributed by atoms with Gasteiger partial charge in [0.15, 0.2) is 6.29 Å². The van der Waals surface area contributed by atoms with E-state index in [9.17, 15) is 4.79 Å². The van der Waals surface area contributed by atoms with Crippen molar-refractivity contribution in [2.75, 3.05) is 37.7 Å². The first-order chi connectivity index (χ1) is 14.8. The van der Waals surface area contributed by atoms with Gasteiger partial charge < -0.3 is 24.0 Å². The number of rotatable bonds is 6. The van der Waals surface area contributed by atoms with Crippen molar-refractivity contribution in [1.82, 2.24) is 9.88 Å². The highest BCUT2D eigenvalue weighted by Crippen LogP contribution is 2.19. The molecule has 2 saturated heterocycles. The van der Waals surface area contributed by atoms with Crippen molar-refractivity contribution in [3.8, 4) is 0 Å². The predicted molar refractivity (Wildman–Crippen MR) is 113 cm³/mol. The van der Waals surface area contributed by atoms with Crippen LogP contribution >= 0.6 is 0 Å². The summed E-state index contributed by atoms with van der Waals surface area (Å²) in [5.74, 6) is 0.915. The van der Waals surface area contributed by atoms with Crippen LogP contribution in [0.25, 0.3) is 0 Å². The van der Waals surface area contributed by atoms with Crippen molar-refractivity contribution >= 4 is 11.9 Å². The number of carbonyl (C=O) groups is 1. The van der Waals surface area contributed by atoms with Crippen molar-refractivity contribution in [2.45, 2.75) is 38.8 Å². The van der Waals surface area contributed by atoms with Crippen LogP contribution in [0.4, 0.5) is 10.6 Å². The fourth-order valence-electron chi connectivity index (χ4n) is 3.68. The van der Waals surface area contributed by atoms with E-state index in [1.807, 2.05) is 42.6 Å². The number of hydrogen-bond acceptors (Lipinski definition) is 6. The highest BCUT2D eigenvalue weighted by Gasteiger charge is 2.23. The molecule has 1 aromatic carbocycles. The highest BCUT2D eigenvalue weighted by molar-refractivity contribution is 5.68. The molecule has 1 aromatic heterocycles. The molecule has 7 heteroatoms. The third-order valence-corrected chi connectivity index (χ3v) is 5.45. The average molecular weight is 412 g/mol. The van der Waals surface area contributed by atoms with E-state index < -0.39 is 0 Å². The number of hydrogen-bond donors (Lipinski definition) is 0. The molecule has 7 nitrogen and oxygen atoms in total. The first-order valence-corrected chi connectivity index (χ1v) is 10.7. The molecular formula is C23H29N3O4. The van der Waals surface area contributed by atoms with Gasteiger partial charge in [-0.2, -0.15) is 0 Å². The lowest BCUT2D eigenvalue weighted by atomic mass is 10.2. The molecule has 2 aliphatic rings. The van der Waals surface area contributed by atoms with E-state index in [-0.39, 0.29) is 12.4 Å². The van der Waals surface area contributed by atoms with Crippen LogP contribution in [0, 0.1) is 0 Å². The molecule has 4 rings (SSSR count). The first kappa shape index (κ1) is 20.6. The molecule has 0 aliphatic carbocycles. The topological polar surface area (TPSA) is 64.1 Å². The lowest BCUT2D eigenvalue weighted by Crippen LogP contribution is -2.49. The van der Waals surface area contributed by atoms with Crippen molar-refractivity contribution in [1.29, 1.82) is 0 Å². The first-order valence-electron chi connectivity index (χ1n) is 10.7. The standard InChI is InChI=1S/C23H29N3O4/c27-23(30-17-19-6-2-1-3-7-19)26-13-11-25(12-14-26)21-16-20(9-10-24-21)18-29-22-8-4-5-15-28-22/h1-3,6-7,9-10,16,22H,4-5,8,11-15,17-18H2. The van der Waals surface area contributed by atoms with Crippen LogP contribution in [0.1, 0.15) is 30.4 Å². The summed E-state index contributed by atoms with van der Waals surface area (Å²) >= 11 is 0. The maximum atomic E-state index is 12.3. The second-order valence-electron chi connectivity index (χ2n) is 7.64.